The molecule has 0 unspecified atom stereocenters. The third-order valence-corrected chi connectivity index (χ3v) is 4.41. The summed E-state index contributed by atoms with van der Waals surface area (Å²) in [6.07, 6.45) is 0. The van der Waals surface area contributed by atoms with Crippen LogP contribution in [0, 0.1) is 5.82 Å². The maximum Gasteiger partial charge on any atom is 0.191 e. The van der Waals surface area contributed by atoms with E-state index >= 15 is 0 Å². The average Bonchev–Trinajstić information content (AvgIpc) is 3.07. The van der Waals surface area contributed by atoms with Crippen LogP contribution in [0.4, 0.5) is 4.39 Å². The zero-order valence-electron chi connectivity index (χ0n) is 15.1. The molecule has 5 nitrogen and oxygen atoms in total. The molecule has 1 aromatic carbocycles. The lowest BCUT2D eigenvalue weighted by Gasteiger charge is -2.12. The van der Waals surface area contributed by atoms with Crippen LogP contribution in [0.1, 0.15) is 43.0 Å². The van der Waals surface area contributed by atoms with Gasteiger partial charge in [0.05, 0.1) is 18.8 Å². The zero-order chi connectivity index (χ0) is 18.2. The molecule has 0 atom stereocenters. The molecule has 1 heterocycles. The van der Waals surface area contributed by atoms with E-state index in [0.717, 1.165) is 16.3 Å². The van der Waals surface area contributed by atoms with E-state index in [2.05, 4.69) is 39.8 Å². The number of aliphatic imine (C=N–C) groups is 1. The molecule has 2 N–H and O–H groups in total. The van der Waals surface area contributed by atoms with Crippen molar-refractivity contribution in [2.45, 2.75) is 39.8 Å². The maximum absolute atomic E-state index is 13.9. The normalized spacial score (nSPS) is 11.7. The van der Waals surface area contributed by atoms with E-state index < -0.39 is 0 Å². The van der Waals surface area contributed by atoms with Crippen LogP contribution in [0.5, 0.6) is 5.75 Å². The number of thiazole rings is 1. The van der Waals surface area contributed by atoms with Gasteiger partial charge in [0.2, 0.25) is 0 Å². The maximum atomic E-state index is 13.9. The van der Waals surface area contributed by atoms with Gasteiger partial charge in [-0.3, -0.25) is 4.99 Å². The molecule has 7 heteroatoms. The Balaban J connectivity index is 1.86. The fourth-order valence-electron chi connectivity index (χ4n) is 2.16. The molecular weight excluding hydrogens is 339 g/mol. The summed E-state index contributed by atoms with van der Waals surface area (Å²) >= 11 is 1.63. The molecule has 136 valence electrons. The summed E-state index contributed by atoms with van der Waals surface area (Å²) < 4.78 is 19.1. The molecule has 0 fully saturated rings. The quantitative estimate of drug-likeness (QED) is 0.581. The number of hydrogen-bond acceptors (Lipinski definition) is 4. The number of nitrogens with one attached hydrogen (secondary N) is 2. The van der Waals surface area contributed by atoms with Crippen molar-refractivity contribution in [2.75, 3.05) is 13.7 Å². The Bertz CT molecular complexity index is 715. The van der Waals surface area contributed by atoms with Crippen LogP contribution in [-0.2, 0) is 13.1 Å². The minimum atomic E-state index is -0.354. The van der Waals surface area contributed by atoms with Crippen LogP contribution < -0.4 is 15.4 Å². The highest BCUT2D eigenvalue weighted by Crippen LogP contribution is 2.18. The van der Waals surface area contributed by atoms with E-state index in [-0.39, 0.29) is 11.6 Å². The molecular formula is C18H25FN4OS. The molecule has 0 aliphatic heterocycles. The molecule has 0 spiro atoms. The van der Waals surface area contributed by atoms with Crippen LogP contribution in [0.15, 0.2) is 28.6 Å². The topological polar surface area (TPSA) is 58.5 Å². The standard InChI is InChI=1S/C18H25FN4OS/c1-5-24-16-7-6-13(8-14(16)19)9-21-18(20-4)22-10-17-23-15(11-25-17)12(2)3/h6-8,11-12H,5,9-10H2,1-4H3,(H2,20,21,22). The number of benzene rings is 1. The van der Waals surface area contributed by atoms with E-state index in [0.29, 0.717) is 31.6 Å². The minimum absolute atomic E-state index is 0.276. The van der Waals surface area contributed by atoms with Gasteiger partial charge in [0.25, 0.3) is 0 Å². The molecule has 0 bridgehead atoms. The van der Waals surface area contributed by atoms with Gasteiger partial charge in [0.15, 0.2) is 17.5 Å². The van der Waals surface area contributed by atoms with Crippen LogP contribution >= 0.6 is 11.3 Å². The Kier molecular flexibility index (Phi) is 7.18. The molecule has 0 amide bonds. The zero-order valence-corrected chi connectivity index (χ0v) is 15.9. The first-order valence-electron chi connectivity index (χ1n) is 8.33. The van der Waals surface area contributed by atoms with E-state index in [1.807, 2.05) is 13.0 Å². The van der Waals surface area contributed by atoms with Crippen molar-refractivity contribution in [3.8, 4) is 5.75 Å². The van der Waals surface area contributed by atoms with Gasteiger partial charge in [0.1, 0.15) is 5.01 Å². The summed E-state index contributed by atoms with van der Waals surface area (Å²) in [6, 6.07) is 4.96. The molecule has 25 heavy (non-hydrogen) atoms. The predicted molar refractivity (Wildman–Crippen MR) is 101 cm³/mol. The fraction of sp³-hybridized carbons (Fsp3) is 0.444. The first kappa shape index (κ1) is 19.2. The van der Waals surface area contributed by atoms with E-state index in [4.69, 9.17) is 4.74 Å². The number of nitrogens with zero attached hydrogens (tertiary/aromatic N) is 2. The molecule has 2 rings (SSSR count). The summed E-state index contributed by atoms with van der Waals surface area (Å²) in [5, 5.41) is 9.49. The van der Waals surface area contributed by atoms with Gasteiger partial charge in [0, 0.05) is 19.0 Å². The summed E-state index contributed by atoms with van der Waals surface area (Å²) in [4.78, 5) is 8.77. The Labute approximate surface area is 152 Å². The second-order valence-electron chi connectivity index (χ2n) is 5.80. The second-order valence-corrected chi connectivity index (χ2v) is 6.74. The molecule has 1 aromatic heterocycles. The molecule has 0 aliphatic carbocycles. The number of halogens is 1. The number of guanidine groups is 1. The van der Waals surface area contributed by atoms with Crippen molar-refractivity contribution in [3.63, 3.8) is 0 Å². The fourth-order valence-corrected chi connectivity index (χ4v) is 3.06. The lowest BCUT2D eigenvalue weighted by molar-refractivity contribution is 0.321. The van der Waals surface area contributed by atoms with Gasteiger partial charge in [-0.15, -0.1) is 11.3 Å². The SMILES string of the molecule is CCOc1ccc(CNC(=NC)NCc2nc(C(C)C)cs2)cc1F. The third kappa shape index (κ3) is 5.70. The Hall–Kier alpha value is -2.15. The Morgan fingerprint density at radius 3 is 2.68 bits per heavy atom. The lowest BCUT2D eigenvalue weighted by Crippen LogP contribution is -2.36. The Morgan fingerprint density at radius 2 is 2.08 bits per heavy atom. The van der Waals surface area contributed by atoms with Crippen molar-refractivity contribution in [1.82, 2.24) is 15.6 Å². The average molecular weight is 364 g/mol. The highest BCUT2D eigenvalue weighted by atomic mass is 32.1. The van der Waals surface area contributed by atoms with E-state index in [1.165, 1.54) is 6.07 Å². The largest absolute Gasteiger partial charge is 0.491 e. The first-order valence-corrected chi connectivity index (χ1v) is 9.21. The highest BCUT2D eigenvalue weighted by Gasteiger charge is 2.07. The van der Waals surface area contributed by atoms with Crippen molar-refractivity contribution in [2.24, 2.45) is 4.99 Å². The van der Waals surface area contributed by atoms with Gasteiger partial charge < -0.3 is 15.4 Å². The molecule has 0 aliphatic rings. The van der Waals surface area contributed by atoms with Crippen LogP contribution in [0.3, 0.4) is 0 Å². The van der Waals surface area contributed by atoms with E-state index in [1.54, 1.807) is 24.5 Å². The first-order chi connectivity index (χ1) is 12.0. The van der Waals surface area contributed by atoms with Gasteiger partial charge in [-0.05, 0) is 30.5 Å². The molecule has 0 radical (unpaired) electrons. The second kappa shape index (κ2) is 9.36. The third-order valence-electron chi connectivity index (χ3n) is 3.55. The Morgan fingerprint density at radius 1 is 1.32 bits per heavy atom. The van der Waals surface area contributed by atoms with Gasteiger partial charge in [-0.1, -0.05) is 19.9 Å². The smallest absolute Gasteiger partial charge is 0.191 e. The number of rotatable bonds is 7. The van der Waals surface area contributed by atoms with Crippen molar-refractivity contribution in [1.29, 1.82) is 0 Å². The predicted octanol–water partition coefficient (Wildman–Crippen LogP) is 3.67. The van der Waals surface area contributed by atoms with Crippen LogP contribution in [0.2, 0.25) is 0 Å². The summed E-state index contributed by atoms with van der Waals surface area (Å²) in [5.74, 6) is 0.999. The highest BCUT2D eigenvalue weighted by molar-refractivity contribution is 7.09. The lowest BCUT2D eigenvalue weighted by atomic mass is 10.2. The minimum Gasteiger partial charge on any atom is -0.491 e. The van der Waals surface area contributed by atoms with Crippen molar-refractivity contribution >= 4 is 17.3 Å². The number of hydrogen-bond donors (Lipinski definition) is 2. The van der Waals surface area contributed by atoms with Gasteiger partial charge >= 0.3 is 0 Å². The van der Waals surface area contributed by atoms with Crippen molar-refractivity contribution < 1.29 is 9.13 Å². The van der Waals surface area contributed by atoms with Crippen molar-refractivity contribution in [3.05, 3.63) is 45.7 Å². The number of ether oxygens (including phenoxy) is 1. The van der Waals surface area contributed by atoms with Crippen LogP contribution in [0.25, 0.3) is 0 Å². The summed E-state index contributed by atoms with van der Waals surface area (Å²) in [6.45, 7) is 7.61. The molecule has 2 aromatic rings. The molecule has 0 saturated heterocycles. The monoisotopic (exact) mass is 364 g/mol. The number of aromatic nitrogens is 1. The summed E-state index contributed by atoms with van der Waals surface area (Å²) in [5.41, 5.74) is 1.93. The van der Waals surface area contributed by atoms with E-state index in [9.17, 15) is 4.39 Å². The summed E-state index contributed by atoms with van der Waals surface area (Å²) in [7, 11) is 1.70. The van der Waals surface area contributed by atoms with Gasteiger partial charge in [-0.25, -0.2) is 9.37 Å². The molecule has 0 saturated carbocycles. The van der Waals surface area contributed by atoms with Crippen LogP contribution in [-0.4, -0.2) is 24.6 Å². The van der Waals surface area contributed by atoms with Gasteiger partial charge in [-0.2, -0.15) is 0 Å².